The normalized spacial score (nSPS) is 14.6. The van der Waals surface area contributed by atoms with Crippen molar-refractivity contribution in [1.82, 2.24) is 0 Å². The van der Waals surface area contributed by atoms with Crippen molar-refractivity contribution in [1.29, 1.82) is 0 Å². The molecular formula is C18H35NO2. The molecule has 0 fully saturated rings. The Kier molecular flexibility index (Phi) is 6.26. The highest BCUT2D eigenvalue weighted by atomic mass is 16.5. The van der Waals surface area contributed by atoms with E-state index in [-0.39, 0.29) is 22.3 Å². The molecule has 21 heavy (non-hydrogen) atoms. The summed E-state index contributed by atoms with van der Waals surface area (Å²) < 4.78 is 4.89. The lowest BCUT2D eigenvalue weighted by molar-refractivity contribution is -0.152. The number of carbonyl (C=O) groups is 1. The minimum absolute atomic E-state index is 0.0327. The Morgan fingerprint density at radius 3 is 1.62 bits per heavy atom. The molecule has 0 unspecified atom stereocenters. The summed E-state index contributed by atoms with van der Waals surface area (Å²) in [5.74, 6) is -0.161. The molecule has 0 atom stereocenters. The Morgan fingerprint density at radius 2 is 1.29 bits per heavy atom. The molecule has 0 saturated carbocycles. The second-order valence-corrected chi connectivity index (χ2v) is 9.03. The Balaban J connectivity index is 4.96. The van der Waals surface area contributed by atoms with Crippen LogP contribution in [0, 0.1) is 16.2 Å². The van der Waals surface area contributed by atoms with Gasteiger partial charge in [0.25, 0.3) is 0 Å². The zero-order valence-electron chi connectivity index (χ0n) is 15.5. The molecule has 3 nitrogen and oxygen atoms in total. The lowest BCUT2D eigenvalue weighted by Gasteiger charge is -2.33. The fourth-order valence-corrected chi connectivity index (χ4v) is 3.23. The van der Waals surface area contributed by atoms with Gasteiger partial charge in [0.1, 0.15) is 0 Å². The molecule has 0 aromatic carbocycles. The van der Waals surface area contributed by atoms with Crippen LogP contribution < -0.4 is 5.73 Å². The number of methoxy groups -OCH3 is 1. The van der Waals surface area contributed by atoms with Crippen molar-refractivity contribution in [2.24, 2.45) is 22.0 Å². The summed E-state index contributed by atoms with van der Waals surface area (Å²) in [6.45, 7) is 16.7. The smallest absolute Gasteiger partial charge is 0.311 e. The van der Waals surface area contributed by atoms with Gasteiger partial charge < -0.3 is 10.5 Å². The van der Waals surface area contributed by atoms with Crippen LogP contribution >= 0.6 is 0 Å². The van der Waals surface area contributed by atoms with Gasteiger partial charge in [0.15, 0.2) is 0 Å². The van der Waals surface area contributed by atoms with Crippen molar-refractivity contribution >= 4 is 5.97 Å². The number of carbonyl (C=O) groups excluding carboxylic acids is 1. The first-order valence-corrected chi connectivity index (χ1v) is 7.68. The summed E-state index contributed by atoms with van der Waals surface area (Å²) in [4.78, 5) is 11.8. The van der Waals surface area contributed by atoms with Crippen LogP contribution in [0.2, 0.25) is 0 Å². The molecule has 0 heterocycles. The van der Waals surface area contributed by atoms with Crippen LogP contribution in [0.25, 0.3) is 0 Å². The van der Waals surface area contributed by atoms with Gasteiger partial charge in [-0.15, -0.1) is 0 Å². The highest BCUT2D eigenvalue weighted by Crippen LogP contribution is 2.37. The first-order valence-electron chi connectivity index (χ1n) is 7.68. The van der Waals surface area contributed by atoms with Gasteiger partial charge >= 0.3 is 5.97 Å². The summed E-state index contributed by atoms with van der Waals surface area (Å²) >= 11 is 0. The maximum absolute atomic E-state index is 11.8. The molecule has 2 N–H and O–H groups in total. The first kappa shape index (κ1) is 20.2. The van der Waals surface area contributed by atoms with Crippen LogP contribution in [-0.2, 0) is 9.53 Å². The van der Waals surface area contributed by atoms with E-state index in [1.54, 1.807) is 0 Å². The van der Waals surface area contributed by atoms with Gasteiger partial charge in [0, 0.05) is 5.54 Å². The molecule has 0 bridgehead atoms. The van der Waals surface area contributed by atoms with Gasteiger partial charge in [-0.05, 0) is 51.4 Å². The molecule has 0 amide bonds. The summed E-state index contributed by atoms with van der Waals surface area (Å²) in [5, 5.41) is 0. The molecule has 0 radical (unpaired) electrons. The van der Waals surface area contributed by atoms with Crippen molar-refractivity contribution in [3.8, 4) is 0 Å². The molecule has 0 aliphatic rings. The predicted molar refractivity (Wildman–Crippen MR) is 90.0 cm³/mol. The fourth-order valence-electron chi connectivity index (χ4n) is 3.23. The number of allylic oxidation sites excluding steroid dienone is 2. The molecule has 0 aromatic heterocycles. The number of hydrogen-bond acceptors (Lipinski definition) is 3. The van der Waals surface area contributed by atoms with Gasteiger partial charge in [-0.1, -0.05) is 39.8 Å². The van der Waals surface area contributed by atoms with Crippen LogP contribution in [0.5, 0.6) is 0 Å². The van der Waals surface area contributed by atoms with E-state index in [4.69, 9.17) is 10.5 Å². The van der Waals surface area contributed by atoms with Gasteiger partial charge in [-0.25, -0.2) is 0 Å². The van der Waals surface area contributed by atoms with E-state index in [9.17, 15) is 4.79 Å². The van der Waals surface area contributed by atoms with Crippen LogP contribution in [-0.4, -0.2) is 18.6 Å². The molecule has 124 valence electrons. The number of hydrogen-bond donors (Lipinski definition) is 1. The van der Waals surface area contributed by atoms with Gasteiger partial charge in [0.2, 0.25) is 0 Å². The number of rotatable bonds is 7. The molecule has 0 aliphatic carbocycles. The predicted octanol–water partition coefficient (Wildman–Crippen LogP) is 4.31. The Hall–Kier alpha value is -0.830. The molecule has 0 aliphatic heterocycles. The number of esters is 1. The maximum Gasteiger partial charge on any atom is 0.311 e. The van der Waals surface area contributed by atoms with E-state index in [2.05, 4.69) is 39.8 Å². The molecule has 3 heteroatoms. The molecular weight excluding hydrogens is 262 g/mol. The highest BCUT2D eigenvalue weighted by Gasteiger charge is 2.35. The van der Waals surface area contributed by atoms with E-state index in [0.29, 0.717) is 0 Å². The van der Waals surface area contributed by atoms with Crippen molar-refractivity contribution in [3.05, 3.63) is 12.2 Å². The Bertz CT molecular complexity index is 385. The molecule has 0 rings (SSSR count). The fraction of sp³-hybridized carbons (Fsp3) is 0.833. The topological polar surface area (TPSA) is 52.3 Å². The highest BCUT2D eigenvalue weighted by molar-refractivity contribution is 5.75. The third-order valence-corrected chi connectivity index (χ3v) is 3.53. The monoisotopic (exact) mass is 297 g/mol. The maximum atomic E-state index is 11.8. The minimum atomic E-state index is -0.486. The summed E-state index contributed by atoms with van der Waals surface area (Å²) in [6, 6.07) is 0. The van der Waals surface area contributed by atoms with E-state index < -0.39 is 5.41 Å². The summed E-state index contributed by atoms with van der Waals surface area (Å²) in [6.07, 6.45) is 6.09. The molecule has 0 aromatic rings. The van der Waals surface area contributed by atoms with Gasteiger partial charge in [0.05, 0.1) is 12.5 Å². The van der Waals surface area contributed by atoms with E-state index in [0.717, 1.165) is 12.8 Å². The quantitative estimate of drug-likeness (QED) is 0.562. The second-order valence-electron chi connectivity index (χ2n) is 9.03. The van der Waals surface area contributed by atoms with E-state index >= 15 is 0 Å². The van der Waals surface area contributed by atoms with Crippen molar-refractivity contribution in [2.75, 3.05) is 7.11 Å². The van der Waals surface area contributed by atoms with Crippen LogP contribution in [0.1, 0.15) is 68.2 Å². The van der Waals surface area contributed by atoms with Crippen LogP contribution in [0.4, 0.5) is 0 Å². The van der Waals surface area contributed by atoms with Gasteiger partial charge in [-0.3, -0.25) is 4.79 Å². The summed E-state index contributed by atoms with van der Waals surface area (Å²) in [5.41, 5.74) is 5.40. The third kappa shape index (κ3) is 8.25. The number of nitrogens with two attached hydrogens (primary N) is 1. The average Bonchev–Trinajstić information content (AvgIpc) is 2.21. The Labute approximate surface area is 131 Å². The average molecular weight is 297 g/mol. The van der Waals surface area contributed by atoms with E-state index in [1.807, 2.05) is 27.7 Å². The first-order chi connectivity index (χ1) is 9.10. The summed E-state index contributed by atoms with van der Waals surface area (Å²) in [7, 11) is 1.44. The van der Waals surface area contributed by atoms with Crippen molar-refractivity contribution < 1.29 is 9.53 Å². The zero-order chi connectivity index (χ0) is 17.1. The SMILES string of the molecule is COC(=O)C(C)(C)CC(C)(C)/C=C/C(C)(C)CC(C)(C)N. The zero-order valence-corrected chi connectivity index (χ0v) is 15.5. The molecule has 0 spiro atoms. The lowest BCUT2D eigenvalue weighted by atomic mass is 9.73. The number of ether oxygens (including phenoxy) is 1. The van der Waals surface area contributed by atoms with Crippen molar-refractivity contribution in [3.63, 3.8) is 0 Å². The second kappa shape index (κ2) is 6.51. The van der Waals surface area contributed by atoms with Crippen LogP contribution in [0.3, 0.4) is 0 Å². The minimum Gasteiger partial charge on any atom is -0.469 e. The van der Waals surface area contributed by atoms with E-state index in [1.165, 1.54) is 7.11 Å². The van der Waals surface area contributed by atoms with Gasteiger partial charge in [-0.2, -0.15) is 0 Å². The Morgan fingerprint density at radius 1 is 0.905 bits per heavy atom. The largest absolute Gasteiger partial charge is 0.469 e. The van der Waals surface area contributed by atoms with Crippen molar-refractivity contribution in [2.45, 2.75) is 73.8 Å². The molecule has 0 saturated heterocycles. The standard InChI is InChI=1S/C18H35NO2/c1-15(2,12-17(5,6)14(20)21-9)10-11-16(3,4)13-18(7,8)19/h10-11H,12-13,19H2,1-9H3/b11-10+. The lowest BCUT2D eigenvalue weighted by Crippen LogP contribution is -2.37. The third-order valence-electron chi connectivity index (χ3n) is 3.53. The van der Waals surface area contributed by atoms with Crippen LogP contribution in [0.15, 0.2) is 12.2 Å².